The van der Waals surface area contributed by atoms with Crippen LogP contribution in [0, 0.1) is 34.3 Å². The summed E-state index contributed by atoms with van der Waals surface area (Å²) in [7, 11) is -7.14. The minimum Gasteiger partial charge on any atom is -0.410 e. The highest BCUT2D eigenvalue weighted by Crippen LogP contribution is 2.25. The van der Waals surface area contributed by atoms with Gasteiger partial charge in [-0.2, -0.15) is 10.5 Å². The molecule has 4 aromatic carbocycles. The lowest BCUT2D eigenvalue weighted by molar-refractivity contribution is 0.195. The van der Waals surface area contributed by atoms with E-state index in [1.807, 2.05) is 12.1 Å². The van der Waals surface area contributed by atoms with Crippen LogP contribution in [0.5, 0.6) is 11.5 Å². The number of sulfone groups is 2. The number of hydrogen-bond acceptors (Lipinski definition) is 10. The Labute approximate surface area is 325 Å². The van der Waals surface area contributed by atoms with Crippen molar-refractivity contribution in [3.8, 4) is 23.6 Å². The molecule has 0 bridgehead atoms. The van der Waals surface area contributed by atoms with E-state index in [2.05, 4.69) is 10.6 Å². The quantitative estimate of drug-likeness (QED) is 0.129. The predicted octanol–water partition coefficient (Wildman–Crippen LogP) is 7.48. The first-order valence-electron chi connectivity index (χ1n) is 17.4. The van der Waals surface area contributed by atoms with Gasteiger partial charge in [0.2, 0.25) is 0 Å². The Balaban J connectivity index is 0.000000300. The molecule has 0 saturated carbocycles. The van der Waals surface area contributed by atoms with E-state index in [9.17, 15) is 35.2 Å². The summed E-state index contributed by atoms with van der Waals surface area (Å²) >= 11 is 0. The highest BCUT2D eigenvalue weighted by Gasteiger charge is 2.28. The van der Waals surface area contributed by atoms with Crippen LogP contribution in [0.15, 0.2) is 97.1 Å². The van der Waals surface area contributed by atoms with Crippen LogP contribution in [0.3, 0.4) is 0 Å². The number of halogens is 2. The van der Waals surface area contributed by atoms with Crippen LogP contribution < -0.4 is 20.1 Å². The molecule has 16 heteroatoms. The van der Waals surface area contributed by atoms with Crippen molar-refractivity contribution in [3.63, 3.8) is 0 Å². The number of nitriles is 2. The number of rotatable bonds is 14. The minimum absolute atomic E-state index is 0.155. The van der Waals surface area contributed by atoms with E-state index < -0.39 is 66.1 Å². The van der Waals surface area contributed by atoms with E-state index >= 15 is 0 Å². The van der Waals surface area contributed by atoms with Crippen molar-refractivity contribution in [1.82, 2.24) is 10.6 Å². The molecule has 0 aliphatic carbocycles. The van der Waals surface area contributed by atoms with Crippen molar-refractivity contribution >= 4 is 31.9 Å². The summed E-state index contributed by atoms with van der Waals surface area (Å²) in [6, 6.07) is 25.2. The summed E-state index contributed by atoms with van der Waals surface area (Å²) < 4.78 is 86.8. The zero-order valence-electron chi connectivity index (χ0n) is 31.1. The maximum Gasteiger partial charge on any atom is 0.412 e. The zero-order chi connectivity index (χ0) is 41.5. The molecule has 4 rings (SSSR count). The number of nitrogens with zero attached hydrogens (tertiary/aromatic N) is 2. The van der Waals surface area contributed by atoms with Gasteiger partial charge in [-0.05, 0) is 111 Å². The van der Waals surface area contributed by atoms with Crippen molar-refractivity contribution in [2.75, 3.05) is 11.5 Å². The molecule has 0 aromatic heterocycles. The van der Waals surface area contributed by atoms with Crippen LogP contribution in [0.1, 0.15) is 73.3 Å². The van der Waals surface area contributed by atoms with Crippen LogP contribution in [0.25, 0.3) is 0 Å². The van der Waals surface area contributed by atoms with Crippen molar-refractivity contribution in [2.24, 2.45) is 0 Å². The number of ether oxygens (including phenoxy) is 2. The lowest BCUT2D eigenvalue weighted by Crippen LogP contribution is -2.41. The van der Waals surface area contributed by atoms with E-state index in [0.29, 0.717) is 35.1 Å². The average molecular weight is 809 g/mol. The van der Waals surface area contributed by atoms with Crippen molar-refractivity contribution in [1.29, 1.82) is 10.5 Å². The molecule has 56 heavy (non-hydrogen) atoms. The van der Waals surface area contributed by atoms with Gasteiger partial charge in [-0.1, -0.05) is 38.1 Å². The molecule has 0 unspecified atom stereocenters. The third kappa shape index (κ3) is 13.8. The van der Waals surface area contributed by atoms with Crippen molar-refractivity contribution < 1.29 is 44.7 Å². The number of amides is 2. The number of carbonyl (C=O) groups is 2. The third-order valence-corrected chi connectivity index (χ3v) is 13.1. The average Bonchev–Trinajstić information content (AvgIpc) is 3.18. The number of carbonyl (C=O) groups excluding carboxylic acids is 2. The highest BCUT2D eigenvalue weighted by molar-refractivity contribution is 7.91. The Bertz CT molecular complexity index is 2060. The molecule has 2 N–H and O–H groups in total. The summed E-state index contributed by atoms with van der Waals surface area (Å²) in [5.41, 5.74) is 2.04. The maximum absolute atomic E-state index is 12.9. The van der Waals surface area contributed by atoms with Crippen LogP contribution in [-0.2, 0) is 19.7 Å². The smallest absolute Gasteiger partial charge is 0.410 e. The number of nitrogens with one attached hydrogen (secondary N) is 2. The second-order valence-electron chi connectivity index (χ2n) is 12.6. The molecule has 0 saturated heterocycles. The van der Waals surface area contributed by atoms with Crippen LogP contribution in [0.2, 0.25) is 0 Å². The maximum atomic E-state index is 12.9. The fraction of sp³-hybridized carbons (Fsp3) is 0.300. The molecule has 296 valence electrons. The summed E-state index contributed by atoms with van der Waals surface area (Å²) in [4.78, 5) is 24.0. The Morgan fingerprint density at radius 2 is 0.893 bits per heavy atom. The molecule has 0 heterocycles. The highest BCUT2D eigenvalue weighted by atomic mass is 32.2. The second-order valence-corrected chi connectivity index (χ2v) is 17.3. The molecule has 0 aliphatic heterocycles. The van der Waals surface area contributed by atoms with Gasteiger partial charge in [-0.15, -0.1) is 0 Å². The molecular weight excluding hydrogens is 767 g/mol. The standard InChI is InChI=1S/2C20H21FN2O4S/c2*1-3-18(23-20(24)27-19-10-8-17(21)9-11-19)13-28(25,26)14(2)16-6-4-15(12-22)5-7-16/h2*4-11,14,18H,3,13H2,1-2H3,(H,23,24)/t14-,18+;14-,18-/m01/s1. The molecule has 4 atom stereocenters. The first-order chi connectivity index (χ1) is 26.5. The van der Waals surface area contributed by atoms with Gasteiger partial charge in [-0.25, -0.2) is 35.2 Å². The molecule has 0 fully saturated rings. The lowest BCUT2D eigenvalue weighted by Gasteiger charge is -2.20. The van der Waals surface area contributed by atoms with Gasteiger partial charge in [-0.3, -0.25) is 0 Å². The normalized spacial score (nSPS) is 13.2. The summed E-state index contributed by atoms with van der Waals surface area (Å²) in [6.45, 7) is 6.65. The molecule has 12 nitrogen and oxygen atoms in total. The number of hydrogen-bond donors (Lipinski definition) is 2. The van der Waals surface area contributed by atoms with Crippen molar-refractivity contribution in [3.05, 3.63) is 131 Å². The molecule has 0 radical (unpaired) electrons. The van der Waals surface area contributed by atoms with Crippen LogP contribution in [-0.4, -0.2) is 52.6 Å². The van der Waals surface area contributed by atoms with Gasteiger partial charge < -0.3 is 20.1 Å². The molecule has 4 aromatic rings. The molecule has 0 spiro atoms. The fourth-order valence-corrected chi connectivity index (χ4v) is 8.54. The summed E-state index contributed by atoms with van der Waals surface area (Å²) in [6.07, 6.45) is -0.838. The van der Waals surface area contributed by atoms with Crippen LogP contribution >= 0.6 is 0 Å². The summed E-state index contributed by atoms with van der Waals surface area (Å²) in [5, 5.41) is 21.2. The first kappa shape index (κ1) is 44.6. The van der Waals surface area contributed by atoms with Gasteiger partial charge >= 0.3 is 12.2 Å². The fourth-order valence-electron chi connectivity index (χ4n) is 5.06. The van der Waals surface area contributed by atoms with Crippen LogP contribution in [0.4, 0.5) is 18.4 Å². The Kier molecular flexibility index (Phi) is 16.5. The van der Waals surface area contributed by atoms with E-state index in [1.165, 1.54) is 24.3 Å². The number of benzene rings is 4. The molecule has 2 amide bonds. The second kappa shape index (κ2) is 20.7. The minimum atomic E-state index is -3.57. The van der Waals surface area contributed by atoms with Gasteiger partial charge in [0.15, 0.2) is 19.7 Å². The predicted molar refractivity (Wildman–Crippen MR) is 206 cm³/mol. The van der Waals surface area contributed by atoms with Crippen molar-refractivity contribution in [2.45, 2.75) is 63.1 Å². The summed E-state index contributed by atoms with van der Waals surface area (Å²) in [5.74, 6) is -1.12. The Morgan fingerprint density at radius 1 is 0.589 bits per heavy atom. The van der Waals surface area contributed by atoms with Gasteiger partial charge in [0.05, 0.1) is 45.3 Å². The third-order valence-electron chi connectivity index (χ3n) is 8.64. The zero-order valence-corrected chi connectivity index (χ0v) is 32.7. The van der Waals surface area contributed by atoms with Gasteiger partial charge in [0.25, 0.3) is 0 Å². The SMILES string of the molecule is CC[C@H](CS(=O)(=O)[C@@H](C)c1ccc(C#N)cc1)NC(=O)Oc1ccc(F)cc1.CC[C@H](CS(=O)(=O)[C@H](C)c1ccc(C#N)cc1)NC(=O)Oc1ccc(F)cc1. The van der Waals surface area contributed by atoms with Gasteiger partial charge in [0.1, 0.15) is 23.1 Å². The molecule has 0 aliphatic rings. The lowest BCUT2D eigenvalue weighted by atomic mass is 10.1. The van der Waals surface area contributed by atoms with E-state index in [-0.39, 0.29) is 23.0 Å². The first-order valence-corrected chi connectivity index (χ1v) is 20.8. The molecular formula is C40H42F2N4O8S2. The Morgan fingerprint density at radius 3 is 1.16 bits per heavy atom. The monoisotopic (exact) mass is 808 g/mol. The Hall–Kier alpha value is -5.84. The topological polar surface area (TPSA) is 193 Å². The van der Waals surface area contributed by atoms with E-state index in [1.54, 1.807) is 76.2 Å². The largest absolute Gasteiger partial charge is 0.412 e. The van der Waals surface area contributed by atoms with Gasteiger partial charge in [0, 0.05) is 12.1 Å². The van der Waals surface area contributed by atoms with E-state index in [4.69, 9.17) is 20.0 Å². The van der Waals surface area contributed by atoms with E-state index in [0.717, 1.165) is 24.3 Å².